The Bertz CT molecular complexity index is 521. The van der Waals surface area contributed by atoms with Crippen LogP contribution in [0.1, 0.15) is 168 Å². The van der Waals surface area contributed by atoms with E-state index in [1.54, 1.807) is 0 Å². The molecule has 0 bridgehead atoms. The monoisotopic (exact) mass is 474 g/mol. The van der Waals surface area contributed by atoms with Gasteiger partial charge in [0.2, 0.25) is 0 Å². The second-order valence-corrected chi connectivity index (χ2v) is 11.4. The molecule has 2 rings (SSSR count). The third-order valence-corrected chi connectivity index (χ3v) is 7.57. The summed E-state index contributed by atoms with van der Waals surface area (Å²) in [6, 6.07) is 0. The molecular formula is C32H58O2. The fourth-order valence-electron chi connectivity index (χ4n) is 5.32. The first-order chi connectivity index (χ1) is 16.6. The van der Waals surface area contributed by atoms with Gasteiger partial charge in [-0.1, -0.05) is 129 Å². The fraction of sp³-hybridized carbons (Fsp3) is 0.875. The first-order valence-corrected chi connectivity index (χ1v) is 15.3. The summed E-state index contributed by atoms with van der Waals surface area (Å²) in [7, 11) is 0. The average molecular weight is 475 g/mol. The van der Waals surface area contributed by atoms with Gasteiger partial charge in [0.05, 0.1) is 0 Å². The van der Waals surface area contributed by atoms with E-state index in [4.69, 9.17) is 0 Å². The number of carbonyl (C=O) groups excluding carboxylic acids is 2. The summed E-state index contributed by atoms with van der Waals surface area (Å²) in [4.78, 5) is 23.4. The minimum Gasteiger partial charge on any atom is -0.300 e. The number of ketones is 2. The van der Waals surface area contributed by atoms with Crippen LogP contribution in [-0.2, 0) is 9.59 Å². The summed E-state index contributed by atoms with van der Waals surface area (Å²) in [6.07, 6.45) is 34.1. The van der Waals surface area contributed by atoms with Crippen LogP contribution in [0.3, 0.4) is 0 Å². The lowest BCUT2D eigenvalue weighted by atomic mass is 9.95. The van der Waals surface area contributed by atoms with E-state index in [0.29, 0.717) is 23.4 Å². The average Bonchev–Trinajstić information content (AvgIpc) is 2.81. The molecule has 1 fully saturated rings. The van der Waals surface area contributed by atoms with E-state index in [-0.39, 0.29) is 0 Å². The van der Waals surface area contributed by atoms with Crippen molar-refractivity contribution >= 4 is 11.6 Å². The summed E-state index contributed by atoms with van der Waals surface area (Å²) in [5, 5.41) is 0. The topological polar surface area (TPSA) is 34.1 Å². The van der Waals surface area contributed by atoms with Crippen molar-refractivity contribution in [2.75, 3.05) is 0 Å². The zero-order chi connectivity index (χ0) is 24.7. The number of Topliss-reactive ketones (excluding diaryl/α,β-unsaturated/α-hetero) is 2. The predicted octanol–water partition coefficient (Wildman–Crippen LogP) is 10.3. The van der Waals surface area contributed by atoms with Gasteiger partial charge in [-0.2, -0.15) is 0 Å². The van der Waals surface area contributed by atoms with Gasteiger partial charge in [-0.25, -0.2) is 0 Å². The van der Waals surface area contributed by atoms with Crippen molar-refractivity contribution < 1.29 is 9.59 Å². The van der Waals surface area contributed by atoms with Gasteiger partial charge in [-0.3, -0.25) is 9.59 Å². The minimum absolute atomic E-state index is 0.438. The fourth-order valence-corrected chi connectivity index (χ4v) is 5.32. The first-order valence-electron chi connectivity index (χ1n) is 15.3. The first kappa shape index (κ1) is 31.1. The number of hydrogen-bond donors (Lipinski definition) is 0. The second-order valence-electron chi connectivity index (χ2n) is 11.4. The van der Waals surface area contributed by atoms with Crippen molar-refractivity contribution in [3.8, 4) is 0 Å². The van der Waals surface area contributed by atoms with Crippen LogP contribution in [0.15, 0.2) is 12.2 Å². The molecule has 2 nitrogen and oxygen atoms in total. The van der Waals surface area contributed by atoms with Crippen LogP contribution in [0.5, 0.6) is 0 Å². The van der Waals surface area contributed by atoms with Gasteiger partial charge in [0.15, 0.2) is 0 Å². The van der Waals surface area contributed by atoms with Crippen molar-refractivity contribution in [1.29, 1.82) is 0 Å². The van der Waals surface area contributed by atoms with E-state index < -0.39 is 0 Å². The van der Waals surface area contributed by atoms with E-state index in [1.165, 1.54) is 116 Å². The standard InChI is InChI=1S/C16H30O.C16H28O/c2*1-15-12-10-8-6-4-2-3-5-7-9-11-13-16(17)14-15/h15H,2-14H2,1H3;10,12,15H,2-9,11,13-14H2,1H3. The van der Waals surface area contributed by atoms with Crippen LogP contribution in [0.2, 0.25) is 0 Å². The zero-order valence-electron chi connectivity index (χ0n) is 23.1. The molecular weight excluding hydrogens is 416 g/mol. The summed E-state index contributed by atoms with van der Waals surface area (Å²) in [6.45, 7) is 4.41. The Morgan fingerprint density at radius 1 is 0.529 bits per heavy atom. The Labute approximate surface area is 213 Å². The maximum atomic E-state index is 11.7. The Hall–Kier alpha value is -0.920. The molecule has 0 spiro atoms. The Morgan fingerprint density at radius 2 is 0.941 bits per heavy atom. The lowest BCUT2D eigenvalue weighted by molar-refractivity contribution is -0.120. The highest BCUT2D eigenvalue weighted by molar-refractivity contribution is 5.79. The largest absolute Gasteiger partial charge is 0.300 e. The highest BCUT2D eigenvalue weighted by atomic mass is 16.1. The third-order valence-electron chi connectivity index (χ3n) is 7.57. The number of carbonyl (C=O) groups is 2. The van der Waals surface area contributed by atoms with Crippen LogP contribution < -0.4 is 0 Å². The number of hydrogen-bond acceptors (Lipinski definition) is 2. The molecule has 2 aliphatic carbocycles. The zero-order valence-corrected chi connectivity index (χ0v) is 23.1. The quantitative estimate of drug-likeness (QED) is 0.327. The van der Waals surface area contributed by atoms with E-state index in [2.05, 4.69) is 26.0 Å². The SMILES string of the molecule is CC1C=CCCCCCCCCCCC(=O)C1.CC1CCCCCCCCCCCCC(=O)C1. The molecule has 0 heterocycles. The molecule has 2 unspecified atom stereocenters. The predicted molar refractivity (Wildman–Crippen MR) is 148 cm³/mol. The molecule has 34 heavy (non-hydrogen) atoms. The molecule has 2 heteroatoms. The van der Waals surface area contributed by atoms with Gasteiger partial charge in [-0.15, -0.1) is 0 Å². The maximum absolute atomic E-state index is 11.7. The highest BCUT2D eigenvalue weighted by Crippen LogP contribution is 2.19. The number of rotatable bonds is 0. The maximum Gasteiger partial charge on any atom is 0.133 e. The Morgan fingerprint density at radius 3 is 1.47 bits per heavy atom. The van der Waals surface area contributed by atoms with Gasteiger partial charge >= 0.3 is 0 Å². The number of allylic oxidation sites excluding steroid dienone is 2. The molecule has 0 aliphatic heterocycles. The minimum atomic E-state index is 0.438. The van der Waals surface area contributed by atoms with Gasteiger partial charge in [0, 0.05) is 25.7 Å². The van der Waals surface area contributed by atoms with Gasteiger partial charge in [0.25, 0.3) is 0 Å². The summed E-state index contributed by atoms with van der Waals surface area (Å²) in [5.41, 5.74) is 0. The van der Waals surface area contributed by atoms with Crippen molar-refractivity contribution in [2.45, 2.75) is 168 Å². The van der Waals surface area contributed by atoms with Crippen molar-refractivity contribution in [2.24, 2.45) is 11.8 Å². The van der Waals surface area contributed by atoms with Crippen LogP contribution in [0.25, 0.3) is 0 Å². The van der Waals surface area contributed by atoms with Crippen molar-refractivity contribution in [3.63, 3.8) is 0 Å². The van der Waals surface area contributed by atoms with E-state index in [0.717, 1.165) is 38.5 Å². The third kappa shape index (κ3) is 20.5. The highest BCUT2D eigenvalue weighted by Gasteiger charge is 2.09. The second kappa shape index (κ2) is 22.5. The molecule has 0 aromatic heterocycles. The smallest absolute Gasteiger partial charge is 0.133 e. The summed E-state index contributed by atoms with van der Waals surface area (Å²) < 4.78 is 0. The van der Waals surface area contributed by atoms with Crippen molar-refractivity contribution in [3.05, 3.63) is 12.2 Å². The van der Waals surface area contributed by atoms with Crippen molar-refractivity contribution in [1.82, 2.24) is 0 Å². The van der Waals surface area contributed by atoms with E-state index >= 15 is 0 Å². The molecule has 0 saturated heterocycles. The van der Waals surface area contributed by atoms with Gasteiger partial charge in [0.1, 0.15) is 11.6 Å². The lowest BCUT2D eigenvalue weighted by Gasteiger charge is -2.10. The summed E-state index contributed by atoms with van der Waals surface area (Å²) in [5.74, 6) is 2.02. The summed E-state index contributed by atoms with van der Waals surface area (Å²) >= 11 is 0. The molecule has 2 aliphatic rings. The van der Waals surface area contributed by atoms with Gasteiger partial charge in [-0.05, 0) is 37.5 Å². The van der Waals surface area contributed by atoms with Gasteiger partial charge < -0.3 is 0 Å². The molecule has 0 amide bonds. The molecule has 0 N–H and O–H groups in total. The van der Waals surface area contributed by atoms with Crippen LogP contribution in [0, 0.1) is 11.8 Å². The molecule has 0 radical (unpaired) electrons. The normalized spacial score (nSPS) is 26.6. The van der Waals surface area contributed by atoms with Crippen LogP contribution in [0.4, 0.5) is 0 Å². The van der Waals surface area contributed by atoms with E-state index in [9.17, 15) is 9.59 Å². The molecule has 2 atom stereocenters. The molecule has 198 valence electrons. The van der Waals surface area contributed by atoms with E-state index in [1.807, 2.05) is 0 Å². The van der Waals surface area contributed by atoms with Crippen LogP contribution in [-0.4, -0.2) is 11.6 Å². The molecule has 0 aromatic carbocycles. The lowest BCUT2D eigenvalue weighted by Crippen LogP contribution is -2.05. The Balaban J connectivity index is 0.000000340. The molecule has 0 aromatic rings. The van der Waals surface area contributed by atoms with Crippen LogP contribution >= 0.6 is 0 Å². The Kier molecular flexibility index (Phi) is 20.6. The molecule has 1 saturated carbocycles.